The molecule has 0 amide bonds. The van der Waals surface area contributed by atoms with Crippen LogP contribution in [0.3, 0.4) is 0 Å². The van der Waals surface area contributed by atoms with E-state index in [1.165, 1.54) is 38.2 Å². The predicted octanol–water partition coefficient (Wildman–Crippen LogP) is 2.90. The molecule has 112 valence electrons. The standard InChI is InChI=1S/C18H23FN2/c19-17-12-14(4-3-10-20)7-8-16(17)13-21-11-9-15-5-1-2-6-18(15)21/h7-8,12,15,18H,1-2,5-6,9-11,13,20H2. The van der Waals surface area contributed by atoms with Crippen molar-refractivity contribution >= 4 is 0 Å². The molecule has 1 aromatic carbocycles. The lowest BCUT2D eigenvalue weighted by molar-refractivity contribution is 0.174. The molecule has 1 saturated carbocycles. The zero-order valence-electron chi connectivity index (χ0n) is 12.4. The fourth-order valence-electron chi connectivity index (χ4n) is 3.82. The Morgan fingerprint density at radius 3 is 2.90 bits per heavy atom. The number of nitrogens with two attached hydrogens (primary N) is 1. The average Bonchev–Trinajstić information content (AvgIpc) is 2.91. The van der Waals surface area contributed by atoms with Crippen molar-refractivity contribution in [2.75, 3.05) is 13.1 Å². The van der Waals surface area contributed by atoms with Gasteiger partial charge in [-0.2, -0.15) is 0 Å². The number of halogens is 1. The van der Waals surface area contributed by atoms with Crippen molar-refractivity contribution in [1.29, 1.82) is 0 Å². The summed E-state index contributed by atoms with van der Waals surface area (Å²) in [6, 6.07) is 5.99. The third-order valence-corrected chi connectivity index (χ3v) is 4.89. The van der Waals surface area contributed by atoms with E-state index < -0.39 is 0 Å². The number of fused-ring (bicyclic) bond motifs is 1. The number of rotatable bonds is 2. The summed E-state index contributed by atoms with van der Waals surface area (Å²) < 4.78 is 14.2. The Morgan fingerprint density at radius 2 is 2.10 bits per heavy atom. The fraction of sp³-hybridized carbons (Fsp3) is 0.556. The second-order valence-electron chi connectivity index (χ2n) is 6.18. The Bertz CT molecular complexity index is 558. The number of hydrogen-bond donors (Lipinski definition) is 1. The Kier molecular flexibility index (Phi) is 4.57. The van der Waals surface area contributed by atoms with Gasteiger partial charge in [0, 0.05) is 23.7 Å². The smallest absolute Gasteiger partial charge is 0.128 e. The number of hydrogen-bond acceptors (Lipinski definition) is 2. The average molecular weight is 286 g/mol. The molecule has 1 aliphatic heterocycles. The van der Waals surface area contributed by atoms with Crippen LogP contribution < -0.4 is 5.73 Å². The van der Waals surface area contributed by atoms with Crippen LogP contribution in [0.25, 0.3) is 0 Å². The van der Waals surface area contributed by atoms with E-state index in [1.54, 1.807) is 0 Å². The molecule has 1 heterocycles. The van der Waals surface area contributed by atoms with Crippen molar-refractivity contribution in [2.45, 2.75) is 44.7 Å². The Morgan fingerprint density at radius 1 is 1.24 bits per heavy atom. The van der Waals surface area contributed by atoms with Gasteiger partial charge in [-0.3, -0.25) is 4.90 Å². The van der Waals surface area contributed by atoms with Crippen LogP contribution in [0.2, 0.25) is 0 Å². The Balaban J connectivity index is 1.70. The lowest BCUT2D eigenvalue weighted by Gasteiger charge is -2.31. The van der Waals surface area contributed by atoms with Crippen LogP contribution in [0.1, 0.15) is 43.2 Å². The predicted molar refractivity (Wildman–Crippen MR) is 83.1 cm³/mol. The maximum absolute atomic E-state index is 14.2. The van der Waals surface area contributed by atoms with E-state index in [4.69, 9.17) is 5.73 Å². The number of nitrogens with zero attached hydrogens (tertiary/aromatic N) is 1. The van der Waals surface area contributed by atoms with Crippen molar-refractivity contribution < 1.29 is 4.39 Å². The molecular formula is C18H23FN2. The summed E-state index contributed by atoms with van der Waals surface area (Å²) >= 11 is 0. The maximum Gasteiger partial charge on any atom is 0.128 e. The number of likely N-dealkylation sites (tertiary alicyclic amines) is 1. The van der Waals surface area contributed by atoms with Gasteiger partial charge in [0.1, 0.15) is 5.82 Å². The van der Waals surface area contributed by atoms with Gasteiger partial charge in [0.25, 0.3) is 0 Å². The summed E-state index contributed by atoms with van der Waals surface area (Å²) in [6.07, 6.45) is 6.63. The van der Waals surface area contributed by atoms with E-state index in [1.807, 2.05) is 12.1 Å². The molecule has 2 unspecified atom stereocenters. The lowest BCUT2D eigenvalue weighted by Crippen LogP contribution is -2.34. The van der Waals surface area contributed by atoms with E-state index in [9.17, 15) is 4.39 Å². The molecule has 2 fully saturated rings. The lowest BCUT2D eigenvalue weighted by atomic mass is 9.85. The largest absolute Gasteiger partial charge is 0.320 e. The maximum atomic E-state index is 14.2. The van der Waals surface area contributed by atoms with Crippen LogP contribution in [0.5, 0.6) is 0 Å². The molecule has 2 nitrogen and oxygen atoms in total. The van der Waals surface area contributed by atoms with E-state index in [-0.39, 0.29) is 5.82 Å². The molecule has 2 atom stereocenters. The molecule has 0 aromatic heterocycles. The first-order valence-corrected chi connectivity index (χ1v) is 7.99. The van der Waals surface area contributed by atoms with Crippen molar-refractivity contribution in [3.05, 3.63) is 35.1 Å². The van der Waals surface area contributed by atoms with Crippen LogP contribution >= 0.6 is 0 Å². The molecule has 1 aliphatic carbocycles. The molecule has 2 N–H and O–H groups in total. The molecule has 2 aliphatic rings. The van der Waals surface area contributed by atoms with Gasteiger partial charge in [-0.25, -0.2) is 4.39 Å². The molecule has 3 rings (SSSR count). The third-order valence-electron chi connectivity index (χ3n) is 4.89. The van der Waals surface area contributed by atoms with Gasteiger partial charge in [-0.05, 0) is 43.9 Å². The Hall–Kier alpha value is -1.37. The summed E-state index contributed by atoms with van der Waals surface area (Å²) in [5, 5.41) is 0. The fourth-order valence-corrected chi connectivity index (χ4v) is 3.82. The zero-order valence-corrected chi connectivity index (χ0v) is 12.4. The topological polar surface area (TPSA) is 29.3 Å². The SMILES string of the molecule is NCC#Cc1ccc(CN2CCC3CCCCC32)c(F)c1. The molecule has 21 heavy (non-hydrogen) atoms. The first-order chi connectivity index (χ1) is 10.3. The summed E-state index contributed by atoms with van der Waals surface area (Å²) in [5.74, 6) is 6.35. The summed E-state index contributed by atoms with van der Waals surface area (Å²) in [7, 11) is 0. The molecule has 0 bridgehead atoms. The highest BCUT2D eigenvalue weighted by molar-refractivity contribution is 5.37. The first kappa shape index (κ1) is 14.6. The van der Waals surface area contributed by atoms with Gasteiger partial charge >= 0.3 is 0 Å². The first-order valence-electron chi connectivity index (χ1n) is 7.99. The van der Waals surface area contributed by atoms with Gasteiger partial charge in [0.05, 0.1) is 6.54 Å². The molecule has 1 aromatic rings. The van der Waals surface area contributed by atoms with E-state index in [2.05, 4.69) is 16.7 Å². The summed E-state index contributed by atoms with van der Waals surface area (Å²) in [5.41, 5.74) is 6.84. The van der Waals surface area contributed by atoms with Gasteiger partial charge in [-0.1, -0.05) is 30.7 Å². The summed E-state index contributed by atoms with van der Waals surface area (Å²) in [6.45, 7) is 2.15. The minimum atomic E-state index is -0.141. The highest BCUT2D eigenvalue weighted by atomic mass is 19.1. The van der Waals surface area contributed by atoms with Gasteiger partial charge in [0.15, 0.2) is 0 Å². The highest BCUT2D eigenvalue weighted by Gasteiger charge is 2.35. The van der Waals surface area contributed by atoms with Gasteiger partial charge in [-0.15, -0.1) is 0 Å². The van der Waals surface area contributed by atoms with Crippen LogP contribution in [0.15, 0.2) is 18.2 Å². The normalized spacial score (nSPS) is 25.2. The minimum absolute atomic E-state index is 0.141. The Labute approximate surface area is 126 Å². The van der Waals surface area contributed by atoms with E-state index in [0.29, 0.717) is 18.2 Å². The van der Waals surface area contributed by atoms with Gasteiger partial charge < -0.3 is 5.73 Å². The minimum Gasteiger partial charge on any atom is -0.320 e. The van der Waals surface area contributed by atoms with Gasteiger partial charge in [0.2, 0.25) is 0 Å². The van der Waals surface area contributed by atoms with Crippen molar-refractivity contribution in [2.24, 2.45) is 11.7 Å². The molecule has 3 heteroatoms. The van der Waals surface area contributed by atoms with Crippen LogP contribution in [0.4, 0.5) is 4.39 Å². The van der Waals surface area contributed by atoms with Crippen LogP contribution in [0, 0.1) is 23.6 Å². The van der Waals surface area contributed by atoms with E-state index >= 15 is 0 Å². The number of benzene rings is 1. The molecule has 0 spiro atoms. The second kappa shape index (κ2) is 6.60. The highest BCUT2D eigenvalue weighted by Crippen LogP contribution is 2.37. The second-order valence-corrected chi connectivity index (χ2v) is 6.18. The van der Waals surface area contributed by atoms with Crippen molar-refractivity contribution in [1.82, 2.24) is 4.90 Å². The van der Waals surface area contributed by atoms with Crippen LogP contribution in [-0.2, 0) is 6.54 Å². The van der Waals surface area contributed by atoms with Crippen LogP contribution in [-0.4, -0.2) is 24.0 Å². The van der Waals surface area contributed by atoms with E-state index in [0.717, 1.165) is 24.6 Å². The molecule has 1 saturated heterocycles. The molecular weight excluding hydrogens is 263 g/mol. The molecule has 0 radical (unpaired) electrons. The third kappa shape index (κ3) is 3.28. The van der Waals surface area contributed by atoms with Crippen molar-refractivity contribution in [3.8, 4) is 11.8 Å². The van der Waals surface area contributed by atoms with Crippen molar-refractivity contribution in [3.63, 3.8) is 0 Å². The summed E-state index contributed by atoms with van der Waals surface area (Å²) in [4.78, 5) is 2.48. The zero-order chi connectivity index (χ0) is 14.7. The monoisotopic (exact) mass is 286 g/mol. The quantitative estimate of drug-likeness (QED) is 0.847.